The van der Waals surface area contributed by atoms with Gasteiger partial charge in [0.15, 0.2) is 5.69 Å². The third-order valence-electron chi connectivity index (χ3n) is 5.62. The van der Waals surface area contributed by atoms with Crippen LogP contribution in [-0.4, -0.2) is 20.8 Å². The van der Waals surface area contributed by atoms with Crippen LogP contribution in [0.25, 0.3) is 5.69 Å². The summed E-state index contributed by atoms with van der Waals surface area (Å²) in [5, 5.41) is 25.3. The molecule has 2 N–H and O–H groups in total. The third kappa shape index (κ3) is 5.26. The summed E-state index contributed by atoms with van der Waals surface area (Å²) in [5.74, 6) is -1.24. The first-order valence-corrected chi connectivity index (χ1v) is 10.6. The van der Waals surface area contributed by atoms with Gasteiger partial charge in [0.2, 0.25) is 0 Å². The lowest BCUT2D eigenvalue weighted by atomic mass is 10.0. The van der Waals surface area contributed by atoms with E-state index in [-0.39, 0.29) is 16.9 Å². The van der Waals surface area contributed by atoms with Crippen molar-refractivity contribution in [3.05, 3.63) is 76.9 Å². The van der Waals surface area contributed by atoms with E-state index in [1.165, 1.54) is 36.4 Å². The zero-order valence-electron chi connectivity index (χ0n) is 17.8. The average Bonchev–Trinajstić information content (AvgIpc) is 3.52. The van der Waals surface area contributed by atoms with Gasteiger partial charge in [-0.25, -0.2) is 9.07 Å². The number of aromatic nitrogens is 2. The van der Waals surface area contributed by atoms with Crippen LogP contribution in [0.4, 0.5) is 23.2 Å². The summed E-state index contributed by atoms with van der Waals surface area (Å²) in [4.78, 5) is 12.9. The second-order valence-corrected chi connectivity index (χ2v) is 8.22. The highest BCUT2D eigenvalue weighted by Crippen LogP contribution is 2.36. The quantitative estimate of drug-likeness (QED) is 0.452. The summed E-state index contributed by atoms with van der Waals surface area (Å²) in [5.41, 5.74) is -1.48. The monoisotopic (exact) mass is 472 g/mol. The molecule has 1 aliphatic rings. The Hall–Kier alpha value is -3.71. The van der Waals surface area contributed by atoms with E-state index < -0.39 is 35.4 Å². The number of anilines is 1. The predicted molar refractivity (Wildman–Crippen MR) is 115 cm³/mol. The summed E-state index contributed by atoms with van der Waals surface area (Å²) >= 11 is 0. The molecule has 3 aromatic rings. The SMILES string of the molecule is N#Cc1cccc(-n2nc(C(F)(F)F)cc2C(=O)Nc2cc(C(O)CCC3CC3)ccc2F)c1. The van der Waals surface area contributed by atoms with Gasteiger partial charge in [0.1, 0.15) is 11.5 Å². The zero-order chi connectivity index (χ0) is 24.5. The Kier molecular flexibility index (Phi) is 6.39. The maximum Gasteiger partial charge on any atom is 0.435 e. The number of carbonyl (C=O) groups excluding carboxylic acids is 1. The Balaban J connectivity index is 1.64. The summed E-state index contributed by atoms with van der Waals surface area (Å²) < 4.78 is 55.1. The third-order valence-corrected chi connectivity index (χ3v) is 5.62. The number of hydrogen-bond acceptors (Lipinski definition) is 4. The van der Waals surface area contributed by atoms with Crippen molar-refractivity contribution >= 4 is 11.6 Å². The topological polar surface area (TPSA) is 90.9 Å². The van der Waals surface area contributed by atoms with Gasteiger partial charge < -0.3 is 10.4 Å². The second-order valence-electron chi connectivity index (χ2n) is 8.22. The molecule has 1 aliphatic carbocycles. The zero-order valence-corrected chi connectivity index (χ0v) is 17.8. The van der Waals surface area contributed by atoms with Crippen molar-refractivity contribution in [3.63, 3.8) is 0 Å². The number of aliphatic hydroxyl groups excluding tert-OH is 1. The molecule has 1 unspecified atom stereocenters. The molecule has 1 atom stereocenters. The van der Waals surface area contributed by atoms with Crippen molar-refractivity contribution in [1.82, 2.24) is 9.78 Å². The fraction of sp³-hybridized carbons (Fsp3) is 0.292. The van der Waals surface area contributed by atoms with Crippen LogP contribution in [0.3, 0.4) is 0 Å². The van der Waals surface area contributed by atoms with Crippen LogP contribution in [0.1, 0.15) is 59.1 Å². The van der Waals surface area contributed by atoms with E-state index >= 15 is 0 Å². The van der Waals surface area contributed by atoms with E-state index in [0.717, 1.165) is 30.0 Å². The van der Waals surface area contributed by atoms with E-state index in [9.17, 15) is 27.5 Å². The number of alkyl halides is 3. The molecule has 34 heavy (non-hydrogen) atoms. The van der Waals surface area contributed by atoms with E-state index in [1.807, 2.05) is 6.07 Å². The lowest BCUT2D eigenvalue weighted by Gasteiger charge is -2.14. The molecule has 0 saturated heterocycles. The van der Waals surface area contributed by atoms with Crippen LogP contribution in [-0.2, 0) is 6.18 Å². The molecule has 176 valence electrons. The number of nitrogens with one attached hydrogen (secondary N) is 1. The van der Waals surface area contributed by atoms with Gasteiger partial charge in [0, 0.05) is 6.07 Å². The fourth-order valence-electron chi connectivity index (χ4n) is 3.58. The molecule has 1 fully saturated rings. The minimum Gasteiger partial charge on any atom is -0.388 e. The number of carbonyl (C=O) groups is 1. The number of rotatable bonds is 7. The number of benzene rings is 2. The van der Waals surface area contributed by atoms with Crippen molar-refractivity contribution in [2.24, 2.45) is 5.92 Å². The lowest BCUT2D eigenvalue weighted by Crippen LogP contribution is -2.18. The Labute approximate surface area is 192 Å². The molecular weight excluding hydrogens is 452 g/mol. The van der Waals surface area contributed by atoms with Crippen LogP contribution in [0.2, 0.25) is 0 Å². The van der Waals surface area contributed by atoms with Crippen molar-refractivity contribution in [2.75, 3.05) is 5.32 Å². The predicted octanol–water partition coefficient (Wildman–Crippen LogP) is 5.38. The van der Waals surface area contributed by atoms with Gasteiger partial charge in [-0.3, -0.25) is 4.79 Å². The highest BCUT2D eigenvalue weighted by Gasteiger charge is 2.36. The van der Waals surface area contributed by atoms with Crippen LogP contribution in [0, 0.1) is 23.1 Å². The fourth-order valence-corrected chi connectivity index (χ4v) is 3.58. The molecule has 1 aromatic heterocycles. The van der Waals surface area contributed by atoms with Gasteiger partial charge >= 0.3 is 6.18 Å². The van der Waals surface area contributed by atoms with E-state index in [2.05, 4.69) is 10.4 Å². The molecule has 6 nitrogen and oxygen atoms in total. The van der Waals surface area contributed by atoms with Crippen LogP contribution >= 0.6 is 0 Å². The van der Waals surface area contributed by atoms with Crippen molar-refractivity contribution < 1.29 is 27.5 Å². The summed E-state index contributed by atoms with van der Waals surface area (Å²) in [6.07, 6.45) is -2.11. The summed E-state index contributed by atoms with van der Waals surface area (Å²) in [6, 6.07) is 11.7. The van der Waals surface area contributed by atoms with Crippen LogP contribution < -0.4 is 5.32 Å². The van der Waals surface area contributed by atoms with Gasteiger partial charge in [-0.1, -0.05) is 25.0 Å². The molecule has 0 aliphatic heterocycles. The van der Waals surface area contributed by atoms with Crippen molar-refractivity contribution in [2.45, 2.75) is 38.0 Å². The molecule has 0 bridgehead atoms. The Bertz CT molecular complexity index is 1260. The molecular formula is C24H20F4N4O2. The normalized spacial score (nSPS) is 14.5. The molecule has 10 heteroatoms. The lowest BCUT2D eigenvalue weighted by molar-refractivity contribution is -0.141. The summed E-state index contributed by atoms with van der Waals surface area (Å²) in [6.45, 7) is 0. The van der Waals surface area contributed by atoms with Crippen molar-refractivity contribution in [3.8, 4) is 11.8 Å². The first-order valence-electron chi connectivity index (χ1n) is 10.6. The number of hydrogen-bond donors (Lipinski definition) is 2. The van der Waals surface area contributed by atoms with E-state index in [4.69, 9.17) is 5.26 Å². The Morgan fingerprint density at radius 2 is 2.00 bits per heavy atom. The Morgan fingerprint density at radius 3 is 2.68 bits per heavy atom. The van der Waals surface area contributed by atoms with Crippen LogP contribution in [0.5, 0.6) is 0 Å². The molecule has 1 heterocycles. The van der Waals surface area contributed by atoms with E-state index in [0.29, 0.717) is 24.0 Å². The number of aliphatic hydroxyl groups is 1. The van der Waals surface area contributed by atoms with Crippen LogP contribution in [0.15, 0.2) is 48.5 Å². The molecule has 4 rings (SSSR count). The average molecular weight is 472 g/mol. The number of amides is 1. The number of halogens is 4. The van der Waals surface area contributed by atoms with Gasteiger partial charge in [-0.05, 0) is 54.7 Å². The molecule has 0 spiro atoms. The maximum atomic E-state index is 14.4. The number of nitrogens with zero attached hydrogens (tertiary/aromatic N) is 3. The van der Waals surface area contributed by atoms with E-state index in [1.54, 1.807) is 0 Å². The molecule has 0 radical (unpaired) electrons. The second kappa shape index (κ2) is 9.27. The van der Waals surface area contributed by atoms with Gasteiger partial charge in [0.25, 0.3) is 5.91 Å². The number of nitriles is 1. The van der Waals surface area contributed by atoms with Gasteiger partial charge in [0.05, 0.1) is 29.1 Å². The Morgan fingerprint density at radius 1 is 1.24 bits per heavy atom. The highest BCUT2D eigenvalue weighted by molar-refractivity contribution is 6.03. The minimum atomic E-state index is -4.83. The minimum absolute atomic E-state index is 0.0596. The maximum absolute atomic E-state index is 14.4. The highest BCUT2D eigenvalue weighted by atomic mass is 19.4. The molecule has 2 aromatic carbocycles. The smallest absolute Gasteiger partial charge is 0.388 e. The largest absolute Gasteiger partial charge is 0.435 e. The molecule has 1 saturated carbocycles. The molecule has 1 amide bonds. The standard InChI is InChI=1S/C24H20F4N4O2/c25-18-8-7-16(21(33)9-6-14-4-5-14)11-19(18)30-23(34)20-12-22(24(26,27)28)31-32(20)17-3-1-2-15(10-17)13-29/h1-3,7-8,10-12,14,21,33H,4-6,9H2,(H,30,34). The van der Waals surface area contributed by atoms with Gasteiger partial charge in [-0.15, -0.1) is 0 Å². The van der Waals surface area contributed by atoms with Gasteiger partial charge in [-0.2, -0.15) is 23.5 Å². The van der Waals surface area contributed by atoms with Crippen molar-refractivity contribution in [1.29, 1.82) is 5.26 Å². The first kappa shape index (κ1) is 23.4. The first-order chi connectivity index (χ1) is 16.2. The summed E-state index contributed by atoms with van der Waals surface area (Å²) in [7, 11) is 0.